The van der Waals surface area contributed by atoms with Crippen molar-refractivity contribution < 1.29 is 18.8 Å². The Morgan fingerprint density at radius 3 is 2.60 bits per heavy atom. The molecular formula is C18H16ClNO4S. The van der Waals surface area contributed by atoms with Crippen LogP contribution >= 0.6 is 11.6 Å². The predicted molar refractivity (Wildman–Crippen MR) is 97.7 cm³/mol. The monoisotopic (exact) mass is 377 g/mol. The number of benzene rings is 2. The maximum Gasteiger partial charge on any atom is 0.303 e. The van der Waals surface area contributed by atoms with E-state index in [0.29, 0.717) is 22.1 Å². The van der Waals surface area contributed by atoms with Crippen molar-refractivity contribution in [3.63, 3.8) is 0 Å². The molecule has 3 aromatic rings. The van der Waals surface area contributed by atoms with Crippen LogP contribution in [-0.4, -0.2) is 26.4 Å². The highest BCUT2D eigenvalue weighted by Crippen LogP contribution is 2.29. The smallest absolute Gasteiger partial charge is 0.303 e. The molecule has 25 heavy (non-hydrogen) atoms. The van der Waals surface area contributed by atoms with Crippen LogP contribution in [0.5, 0.6) is 5.75 Å². The average molecular weight is 378 g/mol. The number of carboxylic acid groups (broad SMARTS) is 1. The molecule has 5 nitrogen and oxygen atoms in total. The molecule has 1 N–H and O–H groups in total. The fourth-order valence-electron chi connectivity index (χ4n) is 2.61. The minimum Gasteiger partial charge on any atom is -0.497 e. The van der Waals surface area contributed by atoms with E-state index in [1.165, 1.54) is 0 Å². The van der Waals surface area contributed by atoms with Crippen LogP contribution in [0.2, 0.25) is 5.02 Å². The summed E-state index contributed by atoms with van der Waals surface area (Å²) >= 11 is 5.89. The van der Waals surface area contributed by atoms with Crippen LogP contribution in [0.3, 0.4) is 0 Å². The van der Waals surface area contributed by atoms with Crippen molar-refractivity contribution in [1.29, 1.82) is 0 Å². The summed E-state index contributed by atoms with van der Waals surface area (Å²) in [5, 5.41) is 10.4. The van der Waals surface area contributed by atoms with Crippen LogP contribution in [0.4, 0.5) is 0 Å². The summed E-state index contributed by atoms with van der Waals surface area (Å²) in [6.07, 6.45) is 2.10. The lowest BCUT2D eigenvalue weighted by molar-refractivity contribution is -0.136. The van der Waals surface area contributed by atoms with Gasteiger partial charge in [-0.25, -0.2) is 4.21 Å². The lowest BCUT2D eigenvalue weighted by atomic mass is 10.1. The number of aromatic nitrogens is 1. The minimum absolute atomic E-state index is 0.00387. The van der Waals surface area contributed by atoms with E-state index < -0.39 is 17.0 Å². The van der Waals surface area contributed by atoms with E-state index in [2.05, 4.69) is 0 Å². The number of nitrogens with zero attached hydrogens (tertiary/aromatic N) is 1. The summed E-state index contributed by atoms with van der Waals surface area (Å²) in [6.45, 7) is 0. The Labute approximate surface area is 152 Å². The van der Waals surface area contributed by atoms with Gasteiger partial charge in [0.05, 0.1) is 17.5 Å². The van der Waals surface area contributed by atoms with Gasteiger partial charge < -0.3 is 9.84 Å². The van der Waals surface area contributed by atoms with Gasteiger partial charge in [0.1, 0.15) is 5.75 Å². The second kappa shape index (κ2) is 7.29. The Bertz CT molecular complexity index is 950. The first-order chi connectivity index (χ1) is 12.0. The Morgan fingerprint density at radius 2 is 1.96 bits per heavy atom. The van der Waals surface area contributed by atoms with Gasteiger partial charge in [-0.05, 0) is 54.4 Å². The molecule has 1 unspecified atom stereocenters. The van der Waals surface area contributed by atoms with Gasteiger partial charge in [0, 0.05) is 23.0 Å². The van der Waals surface area contributed by atoms with Crippen LogP contribution in [0.15, 0.2) is 53.6 Å². The first kappa shape index (κ1) is 17.5. The summed E-state index contributed by atoms with van der Waals surface area (Å²) in [7, 11) is 0.109. The van der Waals surface area contributed by atoms with Gasteiger partial charge >= 0.3 is 5.97 Å². The SMILES string of the molecule is COc1ccc2c(c1)c(CCC(=O)O)cn2S(=O)c1ccc(Cl)cc1. The van der Waals surface area contributed by atoms with Gasteiger partial charge in [-0.3, -0.25) is 8.77 Å². The number of halogens is 1. The summed E-state index contributed by atoms with van der Waals surface area (Å²) in [5.41, 5.74) is 1.58. The van der Waals surface area contributed by atoms with E-state index in [4.69, 9.17) is 21.4 Å². The highest BCUT2D eigenvalue weighted by Gasteiger charge is 2.16. The molecule has 7 heteroatoms. The molecule has 2 aromatic carbocycles. The molecule has 1 atom stereocenters. The van der Waals surface area contributed by atoms with E-state index >= 15 is 0 Å². The Hall–Kier alpha value is -2.31. The fraction of sp³-hybridized carbons (Fsp3) is 0.167. The molecular weight excluding hydrogens is 362 g/mol. The van der Waals surface area contributed by atoms with Crippen molar-refractivity contribution in [3.05, 3.63) is 59.2 Å². The number of aryl methyl sites for hydroxylation is 1. The summed E-state index contributed by atoms with van der Waals surface area (Å²) in [6, 6.07) is 12.3. The van der Waals surface area contributed by atoms with Crippen LogP contribution in [0, 0.1) is 0 Å². The topological polar surface area (TPSA) is 68.5 Å². The number of carbonyl (C=O) groups is 1. The van der Waals surface area contributed by atoms with Gasteiger partial charge in [0.15, 0.2) is 11.0 Å². The molecule has 0 radical (unpaired) electrons. The molecule has 0 saturated carbocycles. The quantitative estimate of drug-likeness (QED) is 0.707. The molecule has 0 spiro atoms. The minimum atomic E-state index is -1.46. The normalized spacial score (nSPS) is 12.2. The average Bonchev–Trinajstić information content (AvgIpc) is 2.97. The highest BCUT2D eigenvalue weighted by molar-refractivity contribution is 7.83. The maximum atomic E-state index is 13.0. The molecule has 0 aliphatic heterocycles. The molecule has 0 saturated heterocycles. The Balaban J connectivity index is 2.09. The lowest BCUT2D eigenvalue weighted by Gasteiger charge is -2.06. The standard InChI is InChI=1S/C18H16ClNO4S/c1-24-14-5-8-17-16(10-14)12(2-9-18(21)22)11-20(17)25(23)15-6-3-13(19)4-7-15/h3-8,10-11H,2,9H2,1H3,(H,21,22). The lowest BCUT2D eigenvalue weighted by Crippen LogP contribution is -2.03. The third-order valence-corrected chi connectivity index (χ3v) is 5.45. The molecule has 0 amide bonds. The van der Waals surface area contributed by atoms with Crippen molar-refractivity contribution in [2.45, 2.75) is 17.7 Å². The Kier molecular flexibility index (Phi) is 5.11. The Morgan fingerprint density at radius 1 is 1.24 bits per heavy atom. The number of methoxy groups -OCH3 is 1. The van der Waals surface area contributed by atoms with Crippen molar-refractivity contribution >= 4 is 39.5 Å². The second-order valence-corrected chi connectivity index (χ2v) is 7.26. The molecule has 1 heterocycles. The van der Waals surface area contributed by atoms with Gasteiger partial charge in [-0.1, -0.05) is 11.6 Å². The summed E-state index contributed by atoms with van der Waals surface area (Å²) in [5.74, 6) is -0.207. The number of rotatable bonds is 6. The van der Waals surface area contributed by atoms with Gasteiger partial charge in [-0.2, -0.15) is 0 Å². The third-order valence-electron chi connectivity index (χ3n) is 3.86. The predicted octanol–water partition coefficient (Wildman–Crippen LogP) is 3.89. The van der Waals surface area contributed by atoms with E-state index in [0.717, 1.165) is 16.5 Å². The molecule has 0 fully saturated rings. The fourth-order valence-corrected chi connectivity index (χ4v) is 3.90. The van der Waals surface area contributed by atoms with Crippen LogP contribution < -0.4 is 4.74 Å². The molecule has 0 bridgehead atoms. The number of carboxylic acids is 1. The highest BCUT2D eigenvalue weighted by atomic mass is 35.5. The first-order valence-electron chi connectivity index (χ1n) is 7.57. The molecule has 1 aromatic heterocycles. The van der Waals surface area contributed by atoms with Crippen molar-refractivity contribution in [1.82, 2.24) is 3.97 Å². The molecule has 3 rings (SSSR count). The van der Waals surface area contributed by atoms with Crippen molar-refractivity contribution in [2.24, 2.45) is 0 Å². The van der Waals surface area contributed by atoms with Gasteiger partial charge in [0.25, 0.3) is 0 Å². The van der Waals surface area contributed by atoms with E-state index in [1.807, 2.05) is 12.1 Å². The zero-order valence-electron chi connectivity index (χ0n) is 13.4. The van der Waals surface area contributed by atoms with Crippen molar-refractivity contribution in [2.75, 3.05) is 7.11 Å². The zero-order valence-corrected chi connectivity index (χ0v) is 15.0. The number of aliphatic carboxylic acids is 1. The summed E-state index contributed by atoms with van der Waals surface area (Å²) in [4.78, 5) is 11.5. The number of fused-ring (bicyclic) bond motifs is 1. The molecule has 130 valence electrons. The van der Waals surface area contributed by atoms with E-state index in [-0.39, 0.29) is 6.42 Å². The van der Waals surface area contributed by atoms with Crippen LogP contribution in [-0.2, 0) is 22.2 Å². The third kappa shape index (κ3) is 3.70. The molecule has 0 aliphatic carbocycles. The van der Waals surface area contributed by atoms with Crippen LogP contribution in [0.1, 0.15) is 12.0 Å². The summed E-state index contributed by atoms with van der Waals surface area (Å²) < 4.78 is 19.9. The number of hydrogen-bond acceptors (Lipinski definition) is 3. The number of ether oxygens (including phenoxy) is 1. The van der Waals surface area contributed by atoms with Gasteiger partial charge in [0.2, 0.25) is 0 Å². The van der Waals surface area contributed by atoms with Gasteiger partial charge in [-0.15, -0.1) is 0 Å². The van der Waals surface area contributed by atoms with Crippen LogP contribution in [0.25, 0.3) is 10.9 Å². The first-order valence-corrected chi connectivity index (χ1v) is 9.05. The van der Waals surface area contributed by atoms with E-state index in [1.54, 1.807) is 47.6 Å². The van der Waals surface area contributed by atoms with Crippen molar-refractivity contribution in [3.8, 4) is 5.75 Å². The maximum absolute atomic E-state index is 13.0. The van der Waals surface area contributed by atoms with E-state index in [9.17, 15) is 9.00 Å². The zero-order chi connectivity index (χ0) is 18.0. The molecule has 0 aliphatic rings. The number of hydrogen-bond donors (Lipinski definition) is 1. The second-order valence-electron chi connectivity index (χ2n) is 5.46. The largest absolute Gasteiger partial charge is 0.497 e.